The standard InChI is InChI=1S/C9H15NO3/c1-7(11)5-10-9(12)8-3-2-4-13-6-8/h8H,2-6H2,1H3,(H,10,12). The Kier molecular flexibility index (Phi) is 3.89. The van der Waals surface area contributed by atoms with Crippen LogP contribution in [0, 0.1) is 5.92 Å². The predicted octanol–water partition coefficient (Wildman–Crippen LogP) is 0.118. The minimum absolute atomic E-state index is 0.0231. The average molecular weight is 185 g/mol. The molecule has 74 valence electrons. The molecule has 0 aromatic carbocycles. The van der Waals surface area contributed by atoms with Crippen LogP contribution in [-0.4, -0.2) is 31.4 Å². The van der Waals surface area contributed by atoms with Gasteiger partial charge in [0.15, 0.2) is 0 Å². The predicted molar refractivity (Wildman–Crippen MR) is 47.2 cm³/mol. The maximum Gasteiger partial charge on any atom is 0.225 e. The molecule has 1 amide bonds. The van der Waals surface area contributed by atoms with Gasteiger partial charge in [0.1, 0.15) is 5.78 Å². The largest absolute Gasteiger partial charge is 0.381 e. The van der Waals surface area contributed by atoms with Gasteiger partial charge in [-0.15, -0.1) is 0 Å². The van der Waals surface area contributed by atoms with Crippen LogP contribution in [0.1, 0.15) is 19.8 Å². The second-order valence-electron chi connectivity index (χ2n) is 3.33. The molecule has 0 aromatic heterocycles. The molecule has 0 bridgehead atoms. The van der Waals surface area contributed by atoms with Crippen LogP contribution in [0.25, 0.3) is 0 Å². The average Bonchev–Trinajstić information content (AvgIpc) is 2.15. The SMILES string of the molecule is CC(=O)CNC(=O)C1CCCOC1. The molecule has 1 saturated heterocycles. The third-order valence-electron chi connectivity index (χ3n) is 2.04. The Balaban J connectivity index is 2.25. The zero-order valence-electron chi connectivity index (χ0n) is 7.84. The van der Waals surface area contributed by atoms with Crippen LogP contribution >= 0.6 is 0 Å². The summed E-state index contributed by atoms with van der Waals surface area (Å²) < 4.78 is 5.16. The quantitative estimate of drug-likeness (QED) is 0.679. The molecule has 0 aliphatic carbocycles. The van der Waals surface area contributed by atoms with Crippen LogP contribution in [0.5, 0.6) is 0 Å². The summed E-state index contributed by atoms with van der Waals surface area (Å²) in [6.45, 7) is 2.83. The van der Waals surface area contributed by atoms with Gasteiger partial charge in [0, 0.05) is 6.61 Å². The van der Waals surface area contributed by atoms with E-state index in [9.17, 15) is 9.59 Å². The second-order valence-corrected chi connectivity index (χ2v) is 3.33. The summed E-state index contributed by atoms with van der Waals surface area (Å²) in [6.07, 6.45) is 1.79. The summed E-state index contributed by atoms with van der Waals surface area (Å²) in [7, 11) is 0. The molecule has 1 atom stereocenters. The van der Waals surface area contributed by atoms with Crippen molar-refractivity contribution in [2.45, 2.75) is 19.8 Å². The maximum absolute atomic E-state index is 11.4. The number of rotatable bonds is 3. The highest BCUT2D eigenvalue weighted by atomic mass is 16.5. The number of carbonyl (C=O) groups is 2. The third kappa shape index (κ3) is 3.55. The first-order chi connectivity index (χ1) is 6.20. The Morgan fingerprint density at radius 1 is 1.54 bits per heavy atom. The van der Waals surface area contributed by atoms with E-state index in [1.807, 2.05) is 0 Å². The monoisotopic (exact) mass is 185 g/mol. The van der Waals surface area contributed by atoms with Crippen LogP contribution in [0.15, 0.2) is 0 Å². The first-order valence-electron chi connectivity index (χ1n) is 4.55. The van der Waals surface area contributed by atoms with Gasteiger partial charge in [-0.05, 0) is 19.8 Å². The third-order valence-corrected chi connectivity index (χ3v) is 2.04. The van der Waals surface area contributed by atoms with Crippen molar-refractivity contribution in [3.63, 3.8) is 0 Å². The Morgan fingerprint density at radius 3 is 2.85 bits per heavy atom. The van der Waals surface area contributed by atoms with Crippen LogP contribution in [0.2, 0.25) is 0 Å². The Labute approximate surface area is 77.6 Å². The fourth-order valence-corrected chi connectivity index (χ4v) is 1.30. The number of hydrogen-bond donors (Lipinski definition) is 1. The summed E-state index contributed by atoms with van der Waals surface area (Å²) in [6, 6.07) is 0. The molecule has 0 aromatic rings. The van der Waals surface area contributed by atoms with Gasteiger partial charge in [-0.1, -0.05) is 0 Å². The number of carbonyl (C=O) groups excluding carboxylic acids is 2. The maximum atomic E-state index is 11.4. The van der Waals surface area contributed by atoms with E-state index in [2.05, 4.69) is 5.32 Å². The number of ketones is 1. The van der Waals surface area contributed by atoms with Crippen LogP contribution < -0.4 is 5.32 Å². The molecular formula is C9H15NO3. The molecule has 0 saturated carbocycles. The molecule has 0 radical (unpaired) electrons. The minimum atomic E-state index is -0.0619. The highest BCUT2D eigenvalue weighted by Gasteiger charge is 2.21. The normalized spacial score (nSPS) is 22.4. The van der Waals surface area contributed by atoms with Crippen molar-refractivity contribution in [3.8, 4) is 0 Å². The molecule has 13 heavy (non-hydrogen) atoms. The van der Waals surface area contributed by atoms with Gasteiger partial charge in [0.25, 0.3) is 0 Å². The van der Waals surface area contributed by atoms with Gasteiger partial charge in [-0.2, -0.15) is 0 Å². The number of Topliss-reactive ketones (excluding diaryl/α,β-unsaturated/α-hetero) is 1. The summed E-state index contributed by atoms with van der Waals surface area (Å²) in [4.78, 5) is 21.9. The van der Waals surface area contributed by atoms with Gasteiger partial charge < -0.3 is 10.1 Å². The number of nitrogens with one attached hydrogen (secondary N) is 1. The van der Waals surface area contributed by atoms with E-state index in [0.29, 0.717) is 6.61 Å². The highest BCUT2D eigenvalue weighted by molar-refractivity contribution is 5.85. The molecule has 0 spiro atoms. The van der Waals surface area contributed by atoms with Crippen molar-refractivity contribution >= 4 is 11.7 Å². The first kappa shape index (κ1) is 10.2. The van der Waals surface area contributed by atoms with E-state index in [1.54, 1.807) is 0 Å². The first-order valence-corrected chi connectivity index (χ1v) is 4.55. The van der Waals surface area contributed by atoms with Gasteiger partial charge in [0.05, 0.1) is 19.1 Å². The Hall–Kier alpha value is -0.900. The van der Waals surface area contributed by atoms with Crippen molar-refractivity contribution in [3.05, 3.63) is 0 Å². The molecule has 4 nitrogen and oxygen atoms in total. The lowest BCUT2D eigenvalue weighted by molar-refractivity contribution is -0.130. The van der Waals surface area contributed by atoms with E-state index >= 15 is 0 Å². The minimum Gasteiger partial charge on any atom is -0.381 e. The van der Waals surface area contributed by atoms with E-state index in [1.165, 1.54) is 6.92 Å². The van der Waals surface area contributed by atoms with Crippen molar-refractivity contribution in [1.82, 2.24) is 5.32 Å². The molecule has 4 heteroatoms. The van der Waals surface area contributed by atoms with Crippen molar-refractivity contribution in [1.29, 1.82) is 0 Å². The van der Waals surface area contributed by atoms with E-state index < -0.39 is 0 Å². The van der Waals surface area contributed by atoms with Crippen molar-refractivity contribution in [2.75, 3.05) is 19.8 Å². The van der Waals surface area contributed by atoms with Crippen molar-refractivity contribution in [2.24, 2.45) is 5.92 Å². The fraction of sp³-hybridized carbons (Fsp3) is 0.778. The zero-order chi connectivity index (χ0) is 9.68. The number of hydrogen-bond acceptors (Lipinski definition) is 3. The summed E-state index contributed by atoms with van der Waals surface area (Å²) >= 11 is 0. The van der Waals surface area contributed by atoms with Crippen molar-refractivity contribution < 1.29 is 14.3 Å². The fourth-order valence-electron chi connectivity index (χ4n) is 1.30. The van der Waals surface area contributed by atoms with Crippen LogP contribution in [0.4, 0.5) is 0 Å². The summed E-state index contributed by atoms with van der Waals surface area (Å²) in [5.41, 5.74) is 0. The number of ether oxygens (including phenoxy) is 1. The molecule has 1 unspecified atom stereocenters. The molecule has 1 N–H and O–H groups in total. The van der Waals surface area contributed by atoms with Gasteiger partial charge in [-0.25, -0.2) is 0 Å². The lowest BCUT2D eigenvalue weighted by Crippen LogP contribution is -2.37. The van der Waals surface area contributed by atoms with Gasteiger partial charge in [0.2, 0.25) is 5.91 Å². The smallest absolute Gasteiger partial charge is 0.225 e. The molecule has 1 aliphatic rings. The molecule has 1 heterocycles. The highest BCUT2D eigenvalue weighted by Crippen LogP contribution is 2.12. The molecule has 1 aliphatic heterocycles. The van der Waals surface area contributed by atoms with E-state index in [0.717, 1.165) is 19.4 Å². The summed E-state index contributed by atoms with van der Waals surface area (Å²) in [5, 5.41) is 2.58. The van der Waals surface area contributed by atoms with Gasteiger partial charge in [-0.3, -0.25) is 9.59 Å². The van der Waals surface area contributed by atoms with Crippen LogP contribution in [-0.2, 0) is 14.3 Å². The number of amides is 1. The van der Waals surface area contributed by atoms with E-state index in [-0.39, 0.29) is 24.2 Å². The Morgan fingerprint density at radius 2 is 2.31 bits per heavy atom. The molecule has 1 fully saturated rings. The lowest BCUT2D eigenvalue weighted by Gasteiger charge is -2.20. The molecular weight excluding hydrogens is 170 g/mol. The topological polar surface area (TPSA) is 55.4 Å². The zero-order valence-corrected chi connectivity index (χ0v) is 7.84. The van der Waals surface area contributed by atoms with Crippen LogP contribution in [0.3, 0.4) is 0 Å². The van der Waals surface area contributed by atoms with Gasteiger partial charge >= 0.3 is 0 Å². The summed E-state index contributed by atoms with van der Waals surface area (Å²) in [5.74, 6) is -0.145. The molecule has 1 rings (SSSR count). The second kappa shape index (κ2) is 4.97. The Bertz CT molecular complexity index is 197. The lowest BCUT2D eigenvalue weighted by atomic mass is 10.0. The van der Waals surface area contributed by atoms with E-state index in [4.69, 9.17) is 4.74 Å².